The van der Waals surface area contributed by atoms with E-state index in [1.807, 2.05) is 11.3 Å². The molecule has 1 saturated heterocycles. The largest absolute Gasteiger partial charge is 0.308 e. The number of benzene rings is 1. The Morgan fingerprint density at radius 2 is 2.05 bits per heavy atom. The van der Waals surface area contributed by atoms with Gasteiger partial charge in [0.1, 0.15) is 0 Å². The van der Waals surface area contributed by atoms with Gasteiger partial charge in [-0.05, 0) is 40.0 Å². The molecule has 0 radical (unpaired) electrons. The second-order valence-corrected chi connectivity index (χ2v) is 7.72. The lowest BCUT2D eigenvalue weighted by molar-refractivity contribution is 0.203. The van der Waals surface area contributed by atoms with E-state index in [2.05, 4.69) is 68.6 Å². The minimum absolute atomic E-state index is 0.472. The molecule has 2 nitrogen and oxygen atoms in total. The molecule has 106 valence electrons. The Bertz CT molecular complexity index is 540. The Morgan fingerprint density at radius 3 is 2.80 bits per heavy atom. The van der Waals surface area contributed by atoms with E-state index in [9.17, 15) is 0 Å². The molecule has 1 aromatic heterocycles. The number of piperazine rings is 1. The van der Waals surface area contributed by atoms with E-state index in [0.717, 1.165) is 32.6 Å². The highest BCUT2D eigenvalue weighted by atomic mass is 79.9. The van der Waals surface area contributed by atoms with E-state index in [0.29, 0.717) is 6.04 Å². The van der Waals surface area contributed by atoms with E-state index in [4.69, 9.17) is 0 Å². The highest BCUT2D eigenvalue weighted by Crippen LogP contribution is 2.23. The van der Waals surface area contributed by atoms with Crippen LogP contribution in [0.1, 0.15) is 16.5 Å². The van der Waals surface area contributed by atoms with Crippen molar-refractivity contribution in [1.82, 2.24) is 10.2 Å². The van der Waals surface area contributed by atoms with Gasteiger partial charge in [-0.3, -0.25) is 4.90 Å². The topological polar surface area (TPSA) is 15.3 Å². The monoisotopic (exact) mass is 350 g/mol. The van der Waals surface area contributed by atoms with Crippen LogP contribution in [0.2, 0.25) is 0 Å². The van der Waals surface area contributed by atoms with Crippen LogP contribution in [0.25, 0.3) is 0 Å². The summed E-state index contributed by atoms with van der Waals surface area (Å²) in [6.07, 6.45) is 1.15. The first-order valence-corrected chi connectivity index (χ1v) is 8.67. The second kappa shape index (κ2) is 6.85. The number of nitrogens with one attached hydrogen (secondary N) is 1. The maximum absolute atomic E-state index is 3.62. The van der Waals surface area contributed by atoms with Gasteiger partial charge in [0.2, 0.25) is 0 Å². The van der Waals surface area contributed by atoms with E-state index < -0.39 is 0 Å². The highest BCUT2D eigenvalue weighted by molar-refractivity contribution is 9.11. The Kier molecular flexibility index (Phi) is 4.89. The standard InChI is InChI=1S/C16H19BrN2S/c17-16-7-6-14(20-16)8-10-19-11-9-18-15(12-19)13-4-2-1-3-5-13/h1-7,15,18H,8-12H2. The third-order valence-corrected chi connectivity index (χ3v) is 5.45. The van der Waals surface area contributed by atoms with E-state index in [1.54, 1.807) is 0 Å². The van der Waals surface area contributed by atoms with Crippen molar-refractivity contribution >= 4 is 27.3 Å². The predicted molar refractivity (Wildman–Crippen MR) is 89.3 cm³/mol. The highest BCUT2D eigenvalue weighted by Gasteiger charge is 2.20. The van der Waals surface area contributed by atoms with Crippen molar-refractivity contribution in [2.45, 2.75) is 12.5 Å². The first-order valence-electron chi connectivity index (χ1n) is 7.06. The molecule has 0 saturated carbocycles. The van der Waals surface area contributed by atoms with Crippen molar-refractivity contribution < 1.29 is 0 Å². The summed E-state index contributed by atoms with van der Waals surface area (Å²) in [5, 5.41) is 3.62. The van der Waals surface area contributed by atoms with Crippen molar-refractivity contribution in [3.05, 3.63) is 56.7 Å². The molecule has 1 unspecified atom stereocenters. The Hall–Kier alpha value is -0.680. The van der Waals surface area contributed by atoms with Crippen LogP contribution in [0.4, 0.5) is 0 Å². The molecule has 0 spiro atoms. The summed E-state index contributed by atoms with van der Waals surface area (Å²) >= 11 is 5.38. The maximum Gasteiger partial charge on any atom is 0.0701 e. The lowest BCUT2D eigenvalue weighted by Crippen LogP contribution is -2.46. The van der Waals surface area contributed by atoms with Gasteiger partial charge in [-0.1, -0.05) is 30.3 Å². The molecule has 2 heterocycles. The summed E-state index contributed by atoms with van der Waals surface area (Å²) in [5.74, 6) is 0. The zero-order chi connectivity index (χ0) is 13.8. The Labute approximate surface area is 132 Å². The smallest absolute Gasteiger partial charge is 0.0701 e. The van der Waals surface area contributed by atoms with Crippen molar-refractivity contribution in [3.8, 4) is 0 Å². The number of hydrogen-bond donors (Lipinski definition) is 1. The van der Waals surface area contributed by atoms with E-state index >= 15 is 0 Å². The minimum atomic E-state index is 0.472. The molecule has 0 bridgehead atoms. The zero-order valence-corrected chi connectivity index (χ0v) is 13.8. The zero-order valence-electron chi connectivity index (χ0n) is 11.4. The number of thiophene rings is 1. The molecule has 3 rings (SSSR count). The Morgan fingerprint density at radius 1 is 1.20 bits per heavy atom. The van der Waals surface area contributed by atoms with Crippen LogP contribution in [-0.2, 0) is 6.42 Å². The van der Waals surface area contributed by atoms with Gasteiger partial charge in [0, 0.05) is 37.1 Å². The summed E-state index contributed by atoms with van der Waals surface area (Å²) in [7, 11) is 0. The summed E-state index contributed by atoms with van der Waals surface area (Å²) in [6, 6.07) is 15.6. The van der Waals surface area contributed by atoms with Crippen LogP contribution in [0.15, 0.2) is 46.3 Å². The van der Waals surface area contributed by atoms with Crippen molar-refractivity contribution in [1.29, 1.82) is 0 Å². The summed E-state index contributed by atoms with van der Waals surface area (Å²) in [6.45, 7) is 4.48. The SMILES string of the molecule is Brc1ccc(CCN2CCNC(c3ccccc3)C2)s1. The molecule has 20 heavy (non-hydrogen) atoms. The third kappa shape index (κ3) is 3.70. The number of rotatable bonds is 4. The van der Waals surface area contributed by atoms with Crippen LogP contribution in [-0.4, -0.2) is 31.1 Å². The molecule has 4 heteroatoms. The first-order chi connectivity index (χ1) is 9.81. The van der Waals surface area contributed by atoms with Gasteiger partial charge in [0.25, 0.3) is 0 Å². The van der Waals surface area contributed by atoms with Crippen LogP contribution < -0.4 is 5.32 Å². The van der Waals surface area contributed by atoms with Gasteiger partial charge in [-0.25, -0.2) is 0 Å². The number of hydrogen-bond acceptors (Lipinski definition) is 3. The number of nitrogens with zero attached hydrogens (tertiary/aromatic N) is 1. The van der Waals surface area contributed by atoms with Crippen molar-refractivity contribution in [2.75, 3.05) is 26.2 Å². The molecule has 1 atom stereocenters. The van der Waals surface area contributed by atoms with Gasteiger partial charge in [-0.15, -0.1) is 11.3 Å². The minimum Gasteiger partial charge on any atom is -0.308 e. The number of halogens is 1. The molecule has 2 aromatic rings. The van der Waals surface area contributed by atoms with Gasteiger partial charge in [-0.2, -0.15) is 0 Å². The molecule has 1 aromatic carbocycles. The second-order valence-electron chi connectivity index (χ2n) is 5.17. The van der Waals surface area contributed by atoms with Crippen LogP contribution in [0.5, 0.6) is 0 Å². The van der Waals surface area contributed by atoms with Gasteiger partial charge in [0.05, 0.1) is 3.79 Å². The van der Waals surface area contributed by atoms with E-state index in [-0.39, 0.29) is 0 Å². The van der Waals surface area contributed by atoms with E-state index in [1.165, 1.54) is 14.2 Å². The first kappa shape index (κ1) is 14.3. The lowest BCUT2D eigenvalue weighted by atomic mass is 10.0. The molecule has 1 N–H and O–H groups in total. The molecule has 0 amide bonds. The molecular weight excluding hydrogens is 332 g/mol. The normalized spacial score (nSPS) is 20.1. The molecule has 1 fully saturated rings. The average Bonchev–Trinajstić information content (AvgIpc) is 2.92. The molecule has 1 aliphatic heterocycles. The Balaban J connectivity index is 1.55. The van der Waals surface area contributed by atoms with Crippen LogP contribution >= 0.6 is 27.3 Å². The lowest BCUT2D eigenvalue weighted by Gasteiger charge is -2.33. The van der Waals surface area contributed by atoms with Crippen LogP contribution in [0.3, 0.4) is 0 Å². The summed E-state index contributed by atoms with van der Waals surface area (Å²) in [5.41, 5.74) is 1.40. The van der Waals surface area contributed by atoms with Gasteiger partial charge in [0.15, 0.2) is 0 Å². The van der Waals surface area contributed by atoms with Gasteiger partial charge >= 0.3 is 0 Å². The average molecular weight is 351 g/mol. The summed E-state index contributed by atoms with van der Waals surface area (Å²) in [4.78, 5) is 4.04. The molecule has 1 aliphatic rings. The van der Waals surface area contributed by atoms with Crippen molar-refractivity contribution in [3.63, 3.8) is 0 Å². The molecular formula is C16H19BrN2S. The van der Waals surface area contributed by atoms with Gasteiger partial charge < -0.3 is 5.32 Å². The predicted octanol–water partition coefficient (Wildman–Crippen LogP) is 3.70. The quantitative estimate of drug-likeness (QED) is 0.904. The fourth-order valence-corrected chi connectivity index (χ4v) is 4.15. The molecule has 0 aliphatic carbocycles. The van der Waals surface area contributed by atoms with Crippen molar-refractivity contribution in [2.24, 2.45) is 0 Å². The maximum atomic E-state index is 3.62. The third-order valence-electron chi connectivity index (χ3n) is 3.76. The fraction of sp³-hybridized carbons (Fsp3) is 0.375. The summed E-state index contributed by atoms with van der Waals surface area (Å²) < 4.78 is 1.23. The van der Waals surface area contributed by atoms with Crippen LogP contribution in [0, 0.1) is 0 Å². The fourth-order valence-electron chi connectivity index (χ4n) is 2.68.